The van der Waals surface area contributed by atoms with Gasteiger partial charge in [0.05, 0.1) is 17.1 Å². The largest absolute Gasteiger partial charge is 0.352 e. The molecule has 0 fully saturated rings. The maximum Gasteiger partial charge on any atom is 0.265 e. The lowest BCUT2D eigenvalue weighted by atomic mass is 10.1. The fourth-order valence-electron chi connectivity index (χ4n) is 5.22. The van der Waals surface area contributed by atoms with Gasteiger partial charge in [0, 0.05) is 35.1 Å². The number of hydrogen-bond donors (Lipinski definition) is 1. The van der Waals surface area contributed by atoms with Crippen molar-refractivity contribution in [1.82, 2.24) is 10.2 Å². The molecule has 226 valence electrons. The summed E-state index contributed by atoms with van der Waals surface area (Å²) in [5, 5.41) is 3.72. The van der Waals surface area contributed by atoms with E-state index >= 15 is 0 Å². The number of para-hydroxylation sites is 1. The first-order valence-electron chi connectivity index (χ1n) is 15.2. The molecule has 44 heavy (non-hydrogen) atoms. The summed E-state index contributed by atoms with van der Waals surface area (Å²) in [6, 6.07) is 33.5. The molecule has 1 heterocycles. The van der Waals surface area contributed by atoms with Crippen molar-refractivity contribution < 1.29 is 9.59 Å². The second kappa shape index (κ2) is 15.8. The summed E-state index contributed by atoms with van der Waals surface area (Å²) in [4.78, 5) is 32.4. The number of benzene rings is 4. The van der Waals surface area contributed by atoms with E-state index in [0.29, 0.717) is 28.6 Å². The van der Waals surface area contributed by atoms with Gasteiger partial charge in [0.1, 0.15) is 0 Å². The Labute approximate surface area is 269 Å². The van der Waals surface area contributed by atoms with Crippen LogP contribution in [0.4, 0.5) is 5.69 Å². The Kier molecular flexibility index (Phi) is 11.3. The Morgan fingerprint density at radius 3 is 2.39 bits per heavy atom. The number of amides is 2. The average Bonchev–Trinajstić information content (AvgIpc) is 3.04. The van der Waals surface area contributed by atoms with Gasteiger partial charge in [-0.1, -0.05) is 103 Å². The molecule has 0 aromatic heterocycles. The molecule has 5 rings (SSSR count). The summed E-state index contributed by atoms with van der Waals surface area (Å²) in [5.74, 6) is -0.146. The standard InChI is InChI=1S/C37H38ClN3O2S/c1-2-3-22-40(26-29-11-5-4-6-12-29)23-10-21-39-36(42)31-19-17-28(18-20-31)25-35-37(43)41(27-30-13-9-14-32(38)24-30)33-15-7-8-16-34(33)44-35/h4-9,11-20,24-25H,2-3,10,21-23,26-27H2,1H3,(H,39,42). The van der Waals surface area contributed by atoms with Gasteiger partial charge in [0.15, 0.2) is 0 Å². The van der Waals surface area contributed by atoms with Crippen molar-refractivity contribution in [3.8, 4) is 0 Å². The molecular weight excluding hydrogens is 586 g/mol. The molecule has 0 saturated heterocycles. The van der Waals surface area contributed by atoms with Crippen LogP contribution in [0.2, 0.25) is 5.02 Å². The third kappa shape index (κ3) is 8.63. The number of unbranched alkanes of at least 4 members (excludes halogenated alkanes) is 1. The Morgan fingerprint density at radius 2 is 1.61 bits per heavy atom. The fourth-order valence-corrected chi connectivity index (χ4v) is 6.49. The number of rotatable bonds is 13. The molecule has 1 N–H and O–H groups in total. The Bertz CT molecular complexity index is 1590. The minimum atomic E-state index is -0.0860. The minimum absolute atomic E-state index is 0.0595. The molecule has 0 saturated carbocycles. The SMILES string of the molecule is CCCCN(CCCNC(=O)c1ccc(C=C2Sc3ccccc3N(Cc3cccc(Cl)c3)C2=O)cc1)Cc1ccccc1. The van der Waals surface area contributed by atoms with E-state index < -0.39 is 0 Å². The number of carbonyl (C=O) groups excluding carboxylic acids is 2. The van der Waals surface area contributed by atoms with Gasteiger partial charge in [-0.15, -0.1) is 0 Å². The van der Waals surface area contributed by atoms with Crippen LogP contribution in [0.1, 0.15) is 53.2 Å². The van der Waals surface area contributed by atoms with Crippen LogP contribution in [0.5, 0.6) is 0 Å². The molecular formula is C37H38ClN3O2S. The molecule has 0 spiro atoms. The summed E-state index contributed by atoms with van der Waals surface area (Å²) in [6.45, 7) is 6.18. The Balaban J connectivity index is 1.19. The van der Waals surface area contributed by atoms with Gasteiger partial charge in [-0.25, -0.2) is 0 Å². The molecule has 4 aromatic rings. The summed E-state index contributed by atoms with van der Waals surface area (Å²) in [5.41, 5.74) is 4.64. The number of anilines is 1. The van der Waals surface area contributed by atoms with Crippen molar-refractivity contribution in [3.63, 3.8) is 0 Å². The molecule has 0 radical (unpaired) electrons. The average molecular weight is 624 g/mol. The number of thioether (sulfide) groups is 1. The van der Waals surface area contributed by atoms with Crippen molar-refractivity contribution in [3.05, 3.63) is 135 Å². The quantitative estimate of drug-likeness (QED) is 0.120. The second-order valence-corrected chi connectivity index (χ2v) is 12.5. The molecule has 1 aliphatic heterocycles. The van der Waals surface area contributed by atoms with E-state index in [2.05, 4.69) is 41.4 Å². The van der Waals surface area contributed by atoms with Gasteiger partial charge in [0.25, 0.3) is 11.8 Å². The number of nitrogens with zero attached hydrogens (tertiary/aromatic N) is 2. The van der Waals surface area contributed by atoms with Crippen molar-refractivity contribution >= 4 is 46.9 Å². The first-order valence-corrected chi connectivity index (χ1v) is 16.4. The van der Waals surface area contributed by atoms with Crippen LogP contribution in [-0.4, -0.2) is 36.3 Å². The van der Waals surface area contributed by atoms with E-state index in [-0.39, 0.29) is 11.8 Å². The number of carbonyl (C=O) groups is 2. The van der Waals surface area contributed by atoms with Crippen LogP contribution in [0.3, 0.4) is 0 Å². The van der Waals surface area contributed by atoms with Crippen LogP contribution < -0.4 is 10.2 Å². The van der Waals surface area contributed by atoms with Gasteiger partial charge in [-0.3, -0.25) is 14.5 Å². The Morgan fingerprint density at radius 1 is 0.886 bits per heavy atom. The van der Waals surface area contributed by atoms with Crippen molar-refractivity contribution in [2.24, 2.45) is 0 Å². The molecule has 0 aliphatic carbocycles. The number of nitrogens with one attached hydrogen (secondary N) is 1. The second-order valence-electron chi connectivity index (χ2n) is 10.9. The maximum atomic E-state index is 13.6. The predicted molar refractivity (Wildman–Crippen MR) is 183 cm³/mol. The predicted octanol–water partition coefficient (Wildman–Crippen LogP) is 8.44. The van der Waals surface area contributed by atoms with E-state index in [9.17, 15) is 9.59 Å². The first-order chi connectivity index (χ1) is 21.5. The zero-order valence-corrected chi connectivity index (χ0v) is 26.6. The van der Waals surface area contributed by atoms with Crippen molar-refractivity contribution in [2.75, 3.05) is 24.5 Å². The van der Waals surface area contributed by atoms with Crippen LogP contribution in [0.15, 0.2) is 113 Å². The molecule has 7 heteroatoms. The third-order valence-electron chi connectivity index (χ3n) is 7.55. The molecule has 0 atom stereocenters. The van der Waals surface area contributed by atoms with E-state index in [1.807, 2.05) is 84.9 Å². The van der Waals surface area contributed by atoms with Gasteiger partial charge in [-0.05, 0) is 78.6 Å². The van der Waals surface area contributed by atoms with Crippen LogP contribution in [0.25, 0.3) is 6.08 Å². The Hall–Kier alpha value is -3.84. The van der Waals surface area contributed by atoms with E-state index in [4.69, 9.17) is 11.6 Å². The van der Waals surface area contributed by atoms with Gasteiger partial charge in [0.2, 0.25) is 0 Å². The zero-order chi connectivity index (χ0) is 30.7. The normalized spacial score (nSPS) is 13.8. The van der Waals surface area contributed by atoms with Crippen LogP contribution in [0, 0.1) is 0 Å². The lowest BCUT2D eigenvalue weighted by molar-refractivity contribution is -0.114. The smallest absolute Gasteiger partial charge is 0.265 e. The topological polar surface area (TPSA) is 52.7 Å². The highest BCUT2D eigenvalue weighted by Gasteiger charge is 2.29. The van der Waals surface area contributed by atoms with Gasteiger partial charge in [-0.2, -0.15) is 0 Å². The highest BCUT2D eigenvalue weighted by molar-refractivity contribution is 8.04. The van der Waals surface area contributed by atoms with E-state index in [1.165, 1.54) is 17.3 Å². The molecule has 0 bridgehead atoms. The molecule has 2 amide bonds. The van der Waals surface area contributed by atoms with Gasteiger partial charge >= 0.3 is 0 Å². The number of fused-ring (bicyclic) bond motifs is 1. The molecule has 1 aliphatic rings. The monoisotopic (exact) mass is 623 g/mol. The third-order valence-corrected chi connectivity index (χ3v) is 8.86. The number of halogens is 1. The highest BCUT2D eigenvalue weighted by Crippen LogP contribution is 2.42. The first kappa shape index (κ1) is 31.6. The lowest BCUT2D eigenvalue weighted by Crippen LogP contribution is -2.33. The molecule has 5 nitrogen and oxygen atoms in total. The van der Waals surface area contributed by atoms with Crippen LogP contribution in [-0.2, 0) is 17.9 Å². The summed E-state index contributed by atoms with van der Waals surface area (Å²) in [6.07, 6.45) is 5.11. The van der Waals surface area contributed by atoms with Crippen LogP contribution >= 0.6 is 23.4 Å². The molecule has 0 unspecified atom stereocenters. The number of hydrogen-bond acceptors (Lipinski definition) is 4. The summed E-state index contributed by atoms with van der Waals surface area (Å²) < 4.78 is 0. The lowest BCUT2D eigenvalue weighted by Gasteiger charge is -2.30. The van der Waals surface area contributed by atoms with Crippen molar-refractivity contribution in [1.29, 1.82) is 0 Å². The van der Waals surface area contributed by atoms with Gasteiger partial charge < -0.3 is 10.2 Å². The maximum absolute atomic E-state index is 13.6. The van der Waals surface area contributed by atoms with Crippen molar-refractivity contribution in [2.45, 2.75) is 44.2 Å². The summed E-state index contributed by atoms with van der Waals surface area (Å²) in [7, 11) is 0. The summed E-state index contributed by atoms with van der Waals surface area (Å²) >= 11 is 7.68. The molecule has 4 aromatic carbocycles. The van der Waals surface area contributed by atoms with E-state index in [0.717, 1.165) is 60.6 Å². The fraction of sp³-hybridized carbons (Fsp3) is 0.243. The zero-order valence-electron chi connectivity index (χ0n) is 25.0. The highest BCUT2D eigenvalue weighted by atomic mass is 35.5. The minimum Gasteiger partial charge on any atom is -0.352 e. The van der Waals surface area contributed by atoms with E-state index in [1.54, 1.807) is 4.90 Å².